The lowest BCUT2D eigenvalue weighted by Crippen LogP contribution is -1.98. The first-order valence-electron chi connectivity index (χ1n) is 4.55. The maximum absolute atomic E-state index is 5.36. The zero-order valence-corrected chi connectivity index (χ0v) is 6.68. The quantitative estimate of drug-likeness (QED) is 0.548. The van der Waals surface area contributed by atoms with Crippen LogP contribution in [0.1, 0.15) is 39.0 Å². The summed E-state index contributed by atoms with van der Waals surface area (Å²) in [5.41, 5.74) is 0. The maximum Gasteiger partial charge on any atom is 0.0844 e. The van der Waals surface area contributed by atoms with Crippen LogP contribution in [0.5, 0.6) is 0 Å². The molecule has 0 aromatic rings. The Morgan fingerprint density at radius 1 is 1.30 bits per heavy atom. The van der Waals surface area contributed by atoms with E-state index in [0.717, 1.165) is 5.92 Å². The van der Waals surface area contributed by atoms with Gasteiger partial charge in [0.15, 0.2) is 0 Å². The summed E-state index contributed by atoms with van der Waals surface area (Å²) in [6, 6.07) is 0. The van der Waals surface area contributed by atoms with Crippen molar-refractivity contribution in [3.63, 3.8) is 0 Å². The molecule has 0 amide bonds. The van der Waals surface area contributed by atoms with Crippen LogP contribution in [0.2, 0.25) is 0 Å². The number of hydrogen-bond donors (Lipinski definition) is 0. The molecule has 2 rings (SSSR count). The average Bonchev–Trinajstić information content (AvgIpc) is 2.56. The Balaban J connectivity index is 1.66. The predicted octanol–water partition coefficient (Wildman–Crippen LogP) is 2.35. The first kappa shape index (κ1) is 6.66. The van der Waals surface area contributed by atoms with Gasteiger partial charge in [0.05, 0.1) is 12.2 Å². The Morgan fingerprint density at radius 2 is 2.00 bits per heavy atom. The average molecular weight is 140 g/mol. The minimum absolute atomic E-state index is 0.696. The largest absolute Gasteiger partial charge is 0.370 e. The van der Waals surface area contributed by atoms with E-state index in [2.05, 4.69) is 6.92 Å². The lowest BCUT2D eigenvalue weighted by molar-refractivity contribution is 0.263. The Hall–Kier alpha value is -0.0400. The van der Waals surface area contributed by atoms with Crippen LogP contribution >= 0.6 is 0 Å². The van der Waals surface area contributed by atoms with Gasteiger partial charge in [-0.2, -0.15) is 0 Å². The molecular weight excluding hydrogens is 124 g/mol. The SMILES string of the molecule is CCCCC1CC2OC2C1. The number of rotatable bonds is 3. The number of fused-ring (bicyclic) bond motifs is 1. The van der Waals surface area contributed by atoms with Crippen molar-refractivity contribution in [2.75, 3.05) is 0 Å². The number of ether oxygens (including phenoxy) is 1. The lowest BCUT2D eigenvalue weighted by atomic mass is 10.0. The van der Waals surface area contributed by atoms with E-state index in [0.29, 0.717) is 12.2 Å². The zero-order valence-electron chi connectivity index (χ0n) is 6.68. The summed E-state index contributed by atoms with van der Waals surface area (Å²) in [7, 11) is 0. The highest BCUT2D eigenvalue weighted by molar-refractivity contribution is 4.95. The Kier molecular flexibility index (Phi) is 1.69. The number of hydrogen-bond acceptors (Lipinski definition) is 1. The molecule has 2 unspecified atom stereocenters. The molecule has 2 aliphatic rings. The molecule has 0 N–H and O–H groups in total. The van der Waals surface area contributed by atoms with Gasteiger partial charge in [-0.25, -0.2) is 0 Å². The summed E-state index contributed by atoms with van der Waals surface area (Å²) in [5, 5.41) is 0. The van der Waals surface area contributed by atoms with E-state index < -0.39 is 0 Å². The van der Waals surface area contributed by atoms with Gasteiger partial charge in [0.1, 0.15) is 0 Å². The summed E-state index contributed by atoms with van der Waals surface area (Å²) in [4.78, 5) is 0. The number of epoxide rings is 1. The van der Waals surface area contributed by atoms with Gasteiger partial charge < -0.3 is 4.74 Å². The van der Waals surface area contributed by atoms with Crippen LogP contribution in [-0.4, -0.2) is 12.2 Å². The molecule has 0 aromatic carbocycles. The third-order valence-electron chi connectivity index (χ3n) is 2.78. The molecule has 0 radical (unpaired) electrons. The van der Waals surface area contributed by atoms with Crippen molar-refractivity contribution in [2.45, 2.75) is 51.2 Å². The van der Waals surface area contributed by atoms with E-state index in [9.17, 15) is 0 Å². The van der Waals surface area contributed by atoms with Gasteiger partial charge in [-0.05, 0) is 18.8 Å². The molecule has 1 saturated heterocycles. The molecule has 0 bridgehead atoms. The second-order valence-electron chi connectivity index (χ2n) is 3.69. The Labute approximate surface area is 62.8 Å². The topological polar surface area (TPSA) is 12.5 Å². The normalized spacial score (nSPS) is 43.5. The van der Waals surface area contributed by atoms with Gasteiger partial charge in [-0.1, -0.05) is 26.2 Å². The molecular formula is C9H16O. The third kappa shape index (κ3) is 1.20. The molecule has 1 nitrogen and oxygen atoms in total. The van der Waals surface area contributed by atoms with E-state index >= 15 is 0 Å². The smallest absolute Gasteiger partial charge is 0.0844 e. The Morgan fingerprint density at radius 3 is 2.60 bits per heavy atom. The first-order valence-corrected chi connectivity index (χ1v) is 4.55. The van der Waals surface area contributed by atoms with Crippen molar-refractivity contribution in [1.29, 1.82) is 0 Å². The molecule has 1 aliphatic heterocycles. The van der Waals surface area contributed by atoms with Gasteiger partial charge in [-0.15, -0.1) is 0 Å². The molecule has 2 fully saturated rings. The third-order valence-corrected chi connectivity index (χ3v) is 2.78. The molecule has 1 saturated carbocycles. The van der Waals surface area contributed by atoms with Crippen molar-refractivity contribution < 1.29 is 4.74 Å². The van der Waals surface area contributed by atoms with Crippen LogP contribution in [-0.2, 0) is 4.74 Å². The molecule has 1 heterocycles. The predicted molar refractivity (Wildman–Crippen MR) is 40.9 cm³/mol. The van der Waals surface area contributed by atoms with Crippen LogP contribution in [0, 0.1) is 5.92 Å². The fraction of sp³-hybridized carbons (Fsp3) is 1.00. The number of unbranched alkanes of at least 4 members (excludes halogenated alkanes) is 1. The lowest BCUT2D eigenvalue weighted by Gasteiger charge is -2.08. The summed E-state index contributed by atoms with van der Waals surface area (Å²) in [6.07, 6.45) is 8.35. The van der Waals surface area contributed by atoms with Gasteiger partial charge >= 0.3 is 0 Å². The molecule has 2 atom stereocenters. The highest BCUT2D eigenvalue weighted by Crippen LogP contribution is 2.43. The van der Waals surface area contributed by atoms with E-state index in [4.69, 9.17) is 4.74 Å². The highest BCUT2D eigenvalue weighted by Gasteiger charge is 2.47. The second-order valence-corrected chi connectivity index (χ2v) is 3.69. The fourth-order valence-electron chi connectivity index (χ4n) is 2.08. The summed E-state index contributed by atoms with van der Waals surface area (Å²) < 4.78 is 5.36. The van der Waals surface area contributed by atoms with Gasteiger partial charge in [0, 0.05) is 0 Å². The van der Waals surface area contributed by atoms with Crippen LogP contribution < -0.4 is 0 Å². The van der Waals surface area contributed by atoms with Gasteiger partial charge in [0.2, 0.25) is 0 Å². The van der Waals surface area contributed by atoms with E-state index in [1.807, 2.05) is 0 Å². The molecule has 10 heavy (non-hydrogen) atoms. The fourth-order valence-corrected chi connectivity index (χ4v) is 2.08. The first-order chi connectivity index (χ1) is 4.90. The van der Waals surface area contributed by atoms with Crippen LogP contribution in [0.4, 0.5) is 0 Å². The van der Waals surface area contributed by atoms with Crippen molar-refractivity contribution in [1.82, 2.24) is 0 Å². The molecule has 0 aromatic heterocycles. The van der Waals surface area contributed by atoms with Crippen LogP contribution in [0.25, 0.3) is 0 Å². The van der Waals surface area contributed by atoms with Crippen molar-refractivity contribution in [3.05, 3.63) is 0 Å². The van der Waals surface area contributed by atoms with E-state index in [-0.39, 0.29) is 0 Å². The van der Waals surface area contributed by atoms with E-state index in [1.165, 1.54) is 32.1 Å². The standard InChI is InChI=1S/C9H16O/c1-2-3-4-7-5-8-9(6-7)10-8/h7-9H,2-6H2,1H3. The summed E-state index contributed by atoms with van der Waals surface area (Å²) in [6.45, 7) is 2.27. The van der Waals surface area contributed by atoms with Crippen LogP contribution in [0.15, 0.2) is 0 Å². The summed E-state index contributed by atoms with van der Waals surface area (Å²) >= 11 is 0. The molecule has 1 aliphatic carbocycles. The highest BCUT2D eigenvalue weighted by atomic mass is 16.6. The molecule has 58 valence electrons. The minimum Gasteiger partial charge on any atom is -0.370 e. The van der Waals surface area contributed by atoms with E-state index in [1.54, 1.807) is 0 Å². The van der Waals surface area contributed by atoms with Crippen molar-refractivity contribution in [3.8, 4) is 0 Å². The zero-order chi connectivity index (χ0) is 6.97. The molecule has 1 heteroatoms. The van der Waals surface area contributed by atoms with Gasteiger partial charge in [-0.3, -0.25) is 0 Å². The van der Waals surface area contributed by atoms with Crippen molar-refractivity contribution in [2.24, 2.45) is 5.92 Å². The van der Waals surface area contributed by atoms with Crippen molar-refractivity contribution >= 4 is 0 Å². The molecule has 0 spiro atoms. The second kappa shape index (κ2) is 2.54. The van der Waals surface area contributed by atoms with Crippen LogP contribution in [0.3, 0.4) is 0 Å². The Bertz CT molecular complexity index is 112. The summed E-state index contributed by atoms with van der Waals surface area (Å²) in [5.74, 6) is 1.02. The monoisotopic (exact) mass is 140 g/mol. The van der Waals surface area contributed by atoms with Gasteiger partial charge in [0.25, 0.3) is 0 Å². The maximum atomic E-state index is 5.36. The minimum atomic E-state index is 0.696.